The van der Waals surface area contributed by atoms with Crippen molar-refractivity contribution in [3.63, 3.8) is 0 Å². The Labute approximate surface area is 199 Å². The van der Waals surface area contributed by atoms with E-state index in [4.69, 9.17) is 9.47 Å². The maximum Gasteiger partial charge on any atom is 0.341 e. The van der Waals surface area contributed by atoms with Crippen LogP contribution in [0.3, 0.4) is 0 Å². The van der Waals surface area contributed by atoms with Crippen LogP contribution in [-0.2, 0) is 27.1 Å². The van der Waals surface area contributed by atoms with Gasteiger partial charge in [0, 0.05) is 18.0 Å². The van der Waals surface area contributed by atoms with Gasteiger partial charge in [0.2, 0.25) is 5.91 Å². The van der Waals surface area contributed by atoms with E-state index in [1.54, 1.807) is 6.92 Å². The van der Waals surface area contributed by atoms with Crippen LogP contribution in [0.2, 0.25) is 0 Å². The molecule has 8 heteroatoms. The van der Waals surface area contributed by atoms with Gasteiger partial charge in [-0.25, -0.2) is 4.79 Å². The highest BCUT2D eigenvalue weighted by Gasteiger charge is 2.30. The molecule has 7 nitrogen and oxygen atoms in total. The van der Waals surface area contributed by atoms with Crippen LogP contribution in [0.15, 0.2) is 24.3 Å². The summed E-state index contributed by atoms with van der Waals surface area (Å²) >= 11 is 1.52. The SMILES string of the molecule is CCOC(=O)c1c(NC(=O)C(C)Nc2ccccc2N2CCOCC2)sc2c1CCC(C)C2. The zero-order chi connectivity index (χ0) is 23.4. The van der Waals surface area contributed by atoms with Gasteiger partial charge in [0.1, 0.15) is 11.0 Å². The summed E-state index contributed by atoms with van der Waals surface area (Å²) in [6.45, 7) is 9.21. The molecule has 2 heterocycles. The molecule has 4 rings (SSSR count). The molecule has 2 aliphatic rings. The molecule has 1 saturated heterocycles. The maximum atomic E-state index is 13.2. The first-order chi connectivity index (χ1) is 16.0. The summed E-state index contributed by atoms with van der Waals surface area (Å²) in [7, 11) is 0. The van der Waals surface area contributed by atoms with Gasteiger partial charge in [-0.3, -0.25) is 4.79 Å². The van der Waals surface area contributed by atoms with Crippen molar-refractivity contribution in [1.82, 2.24) is 0 Å². The fraction of sp³-hybridized carbons (Fsp3) is 0.520. The number of carbonyl (C=O) groups excluding carboxylic acids is 2. The molecule has 2 aromatic rings. The van der Waals surface area contributed by atoms with Crippen molar-refractivity contribution in [3.05, 3.63) is 40.3 Å². The predicted octanol–water partition coefficient (Wildman–Crippen LogP) is 4.33. The van der Waals surface area contributed by atoms with E-state index in [9.17, 15) is 9.59 Å². The Hall–Kier alpha value is -2.58. The molecular formula is C25H33N3O4S. The minimum atomic E-state index is -0.486. The minimum absolute atomic E-state index is 0.177. The van der Waals surface area contributed by atoms with E-state index in [-0.39, 0.29) is 11.9 Å². The fourth-order valence-corrected chi connectivity index (χ4v) is 5.85. The molecule has 0 spiro atoms. The molecule has 1 aliphatic heterocycles. The van der Waals surface area contributed by atoms with Crippen LogP contribution in [0.1, 0.15) is 48.0 Å². The molecule has 1 amide bonds. The van der Waals surface area contributed by atoms with E-state index in [0.717, 1.165) is 49.3 Å². The molecular weight excluding hydrogens is 438 g/mol. The molecule has 1 aromatic heterocycles. The van der Waals surface area contributed by atoms with Crippen LogP contribution in [0, 0.1) is 5.92 Å². The zero-order valence-electron chi connectivity index (χ0n) is 19.6. The lowest BCUT2D eigenvalue weighted by Gasteiger charge is -2.31. The number of morpholine rings is 1. The van der Waals surface area contributed by atoms with Crippen LogP contribution in [0.5, 0.6) is 0 Å². The average Bonchev–Trinajstić information content (AvgIpc) is 3.17. The number of nitrogens with zero attached hydrogens (tertiary/aromatic N) is 1. The van der Waals surface area contributed by atoms with Gasteiger partial charge in [-0.1, -0.05) is 19.1 Å². The fourth-order valence-electron chi connectivity index (χ4n) is 4.45. The van der Waals surface area contributed by atoms with Gasteiger partial charge in [-0.2, -0.15) is 0 Å². The quantitative estimate of drug-likeness (QED) is 0.586. The van der Waals surface area contributed by atoms with E-state index in [2.05, 4.69) is 28.5 Å². The summed E-state index contributed by atoms with van der Waals surface area (Å²) in [6.07, 6.45) is 2.82. The van der Waals surface area contributed by atoms with Gasteiger partial charge in [0.05, 0.1) is 36.8 Å². The Morgan fingerprint density at radius 1 is 1.27 bits per heavy atom. The number of hydrogen-bond donors (Lipinski definition) is 2. The average molecular weight is 472 g/mol. The molecule has 1 aliphatic carbocycles. The lowest BCUT2D eigenvalue weighted by atomic mass is 9.88. The smallest absolute Gasteiger partial charge is 0.341 e. The van der Waals surface area contributed by atoms with Crippen LogP contribution in [-0.4, -0.2) is 50.8 Å². The highest BCUT2D eigenvalue weighted by atomic mass is 32.1. The molecule has 178 valence electrons. The van der Waals surface area contributed by atoms with Crippen molar-refractivity contribution < 1.29 is 19.1 Å². The third-order valence-electron chi connectivity index (χ3n) is 6.25. The van der Waals surface area contributed by atoms with Crippen LogP contribution >= 0.6 is 11.3 Å². The number of para-hydroxylation sites is 2. The lowest BCUT2D eigenvalue weighted by Crippen LogP contribution is -2.37. The molecule has 2 unspecified atom stereocenters. The van der Waals surface area contributed by atoms with Crippen molar-refractivity contribution in [2.24, 2.45) is 5.92 Å². The molecule has 2 atom stereocenters. The minimum Gasteiger partial charge on any atom is -0.462 e. The second kappa shape index (κ2) is 10.6. The van der Waals surface area contributed by atoms with Gasteiger partial charge in [0.15, 0.2) is 0 Å². The largest absolute Gasteiger partial charge is 0.462 e. The summed E-state index contributed by atoms with van der Waals surface area (Å²) < 4.78 is 10.8. The van der Waals surface area contributed by atoms with Crippen molar-refractivity contribution in [1.29, 1.82) is 0 Å². The van der Waals surface area contributed by atoms with Crippen molar-refractivity contribution in [2.45, 2.75) is 46.1 Å². The number of esters is 1. The number of benzene rings is 1. The van der Waals surface area contributed by atoms with E-state index in [1.165, 1.54) is 16.2 Å². The number of carbonyl (C=O) groups is 2. The molecule has 33 heavy (non-hydrogen) atoms. The standard InChI is InChI=1S/C25H33N3O4S/c1-4-32-25(30)22-18-10-9-16(2)15-21(18)33-24(22)27-23(29)17(3)26-19-7-5-6-8-20(19)28-11-13-31-14-12-28/h5-8,16-17,26H,4,9-15H2,1-3H3,(H,27,29). The Morgan fingerprint density at radius 3 is 2.79 bits per heavy atom. The second-order valence-corrected chi connectivity index (χ2v) is 9.85. The number of thiophene rings is 1. The van der Waals surface area contributed by atoms with Crippen LogP contribution in [0.4, 0.5) is 16.4 Å². The van der Waals surface area contributed by atoms with Gasteiger partial charge in [-0.15, -0.1) is 11.3 Å². The topological polar surface area (TPSA) is 79.9 Å². The Balaban J connectivity index is 1.51. The van der Waals surface area contributed by atoms with Crippen LogP contribution in [0.25, 0.3) is 0 Å². The van der Waals surface area contributed by atoms with Crippen molar-refractivity contribution in [2.75, 3.05) is 48.4 Å². The van der Waals surface area contributed by atoms with E-state index in [0.29, 0.717) is 36.3 Å². The van der Waals surface area contributed by atoms with E-state index in [1.807, 2.05) is 25.1 Å². The number of nitrogens with one attached hydrogen (secondary N) is 2. The molecule has 0 radical (unpaired) electrons. The Kier molecular flexibility index (Phi) is 7.55. The number of ether oxygens (including phenoxy) is 2. The molecule has 1 fully saturated rings. The van der Waals surface area contributed by atoms with E-state index < -0.39 is 6.04 Å². The second-order valence-electron chi connectivity index (χ2n) is 8.75. The monoisotopic (exact) mass is 471 g/mol. The molecule has 2 N–H and O–H groups in total. The number of fused-ring (bicyclic) bond motifs is 1. The number of hydrogen-bond acceptors (Lipinski definition) is 7. The summed E-state index contributed by atoms with van der Waals surface area (Å²) in [6, 6.07) is 7.53. The predicted molar refractivity (Wildman–Crippen MR) is 133 cm³/mol. The first-order valence-electron chi connectivity index (χ1n) is 11.8. The van der Waals surface area contributed by atoms with Gasteiger partial charge in [0.25, 0.3) is 0 Å². The van der Waals surface area contributed by atoms with Gasteiger partial charge >= 0.3 is 5.97 Å². The van der Waals surface area contributed by atoms with E-state index >= 15 is 0 Å². The number of amides is 1. The normalized spacial score (nSPS) is 18.9. The molecule has 0 bridgehead atoms. The Morgan fingerprint density at radius 2 is 2.03 bits per heavy atom. The first-order valence-corrected chi connectivity index (χ1v) is 12.6. The Bertz CT molecular complexity index is 1000. The number of rotatable bonds is 7. The summed E-state index contributed by atoms with van der Waals surface area (Å²) in [5, 5.41) is 6.99. The third kappa shape index (κ3) is 5.33. The third-order valence-corrected chi connectivity index (χ3v) is 7.42. The van der Waals surface area contributed by atoms with Crippen LogP contribution < -0.4 is 15.5 Å². The first kappa shape index (κ1) is 23.6. The van der Waals surface area contributed by atoms with Gasteiger partial charge < -0.3 is 25.0 Å². The summed E-state index contributed by atoms with van der Waals surface area (Å²) in [5.41, 5.74) is 3.56. The van der Waals surface area contributed by atoms with Crippen molar-refractivity contribution in [3.8, 4) is 0 Å². The highest BCUT2D eigenvalue weighted by Crippen LogP contribution is 2.40. The molecule has 1 aromatic carbocycles. The van der Waals surface area contributed by atoms with Gasteiger partial charge in [-0.05, 0) is 56.7 Å². The lowest BCUT2D eigenvalue weighted by molar-refractivity contribution is -0.116. The zero-order valence-corrected chi connectivity index (χ0v) is 20.4. The molecule has 0 saturated carbocycles. The maximum absolute atomic E-state index is 13.2. The summed E-state index contributed by atoms with van der Waals surface area (Å²) in [4.78, 5) is 29.4. The van der Waals surface area contributed by atoms with Crippen molar-refractivity contribution >= 4 is 39.6 Å². The number of anilines is 3. The highest BCUT2D eigenvalue weighted by molar-refractivity contribution is 7.17. The summed E-state index contributed by atoms with van der Waals surface area (Å²) in [5.74, 6) is 0.0501.